The van der Waals surface area contributed by atoms with E-state index in [9.17, 15) is 4.79 Å². The number of amides is 1. The van der Waals surface area contributed by atoms with Crippen molar-refractivity contribution >= 4 is 23.2 Å². The fourth-order valence-electron chi connectivity index (χ4n) is 5.19. The maximum Gasteiger partial charge on any atom is 0.274 e. The van der Waals surface area contributed by atoms with Crippen molar-refractivity contribution in [2.75, 3.05) is 24.5 Å². The van der Waals surface area contributed by atoms with Gasteiger partial charge in [0, 0.05) is 48.5 Å². The lowest BCUT2D eigenvalue weighted by atomic mass is 10.1. The summed E-state index contributed by atoms with van der Waals surface area (Å²) in [6, 6.07) is 16.6. The van der Waals surface area contributed by atoms with Gasteiger partial charge in [0.05, 0.1) is 5.69 Å². The highest BCUT2D eigenvalue weighted by Gasteiger charge is 2.32. The van der Waals surface area contributed by atoms with E-state index in [1.165, 1.54) is 17.7 Å². The Morgan fingerprint density at radius 2 is 1.85 bits per heavy atom. The van der Waals surface area contributed by atoms with Crippen molar-refractivity contribution in [3.8, 4) is 11.4 Å². The van der Waals surface area contributed by atoms with Gasteiger partial charge in [-0.2, -0.15) is 0 Å². The topological polar surface area (TPSA) is 41.4 Å². The lowest BCUT2D eigenvalue weighted by molar-refractivity contribution is 0.0719. The Balaban J connectivity index is 1.42. The molecule has 0 unspecified atom stereocenters. The molecular weight excluding hydrogens is 432 g/mol. The van der Waals surface area contributed by atoms with Crippen LogP contribution >= 0.6 is 11.6 Å². The molecule has 2 aliphatic heterocycles. The Morgan fingerprint density at radius 1 is 1.03 bits per heavy atom. The maximum absolute atomic E-state index is 13.7. The summed E-state index contributed by atoms with van der Waals surface area (Å²) in [6.07, 6.45) is 4.30. The van der Waals surface area contributed by atoms with Crippen LogP contribution in [0.25, 0.3) is 11.4 Å². The quantitative estimate of drug-likeness (QED) is 0.509. The standard InChI is InChI=1S/C27H31ClN4O/c1-19-7-6-8-23(17-19)31-16-15-30(18-20(31)2)27(33)25-24-9-4-3-5-14-32(24)26(29-25)21-10-12-22(28)13-11-21/h6-8,10-13,17,20H,3-5,9,14-16,18H2,1-2H3/t20-/m0/s1. The number of aryl methyl sites for hydroxylation is 1. The number of aromatic nitrogens is 2. The number of piperazine rings is 1. The van der Waals surface area contributed by atoms with Gasteiger partial charge in [0.15, 0.2) is 0 Å². The van der Waals surface area contributed by atoms with Crippen LogP contribution in [0.5, 0.6) is 0 Å². The second-order valence-electron chi connectivity index (χ2n) is 9.33. The lowest BCUT2D eigenvalue weighted by Gasteiger charge is -2.41. The molecule has 0 bridgehead atoms. The van der Waals surface area contributed by atoms with Crippen LogP contribution in [-0.2, 0) is 13.0 Å². The Morgan fingerprint density at radius 3 is 2.61 bits per heavy atom. The summed E-state index contributed by atoms with van der Waals surface area (Å²) in [7, 11) is 0. The van der Waals surface area contributed by atoms with Gasteiger partial charge in [0.1, 0.15) is 11.5 Å². The second kappa shape index (κ2) is 9.22. The van der Waals surface area contributed by atoms with Crippen LogP contribution in [0.15, 0.2) is 48.5 Å². The molecule has 0 aliphatic carbocycles. The summed E-state index contributed by atoms with van der Waals surface area (Å²) in [5, 5.41) is 0.707. The van der Waals surface area contributed by atoms with E-state index in [0.29, 0.717) is 23.8 Å². The molecule has 1 aromatic heterocycles. The lowest BCUT2D eigenvalue weighted by Crippen LogP contribution is -2.54. The van der Waals surface area contributed by atoms with Gasteiger partial charge in [0.25, 0.3) is 5.91 Å². The molecule has 2 aliphatic rings. The molecule has 6 heteroatoms. The third kappa shape index (κ3) is 4.39. The Hall–Kier alpha value is -2.79. The minimum atomic E-state index is 0.0663. The van der Waals surface area contributed by atoms with Gasteiger partial charge >= 0.3 is 0 Å². The van der Waals surface area contributed by atoms with Crippen molar-refractivity contribution in [3.63, 3.8) is 0 Å². The fraction of sp³-hybridized carbons (Fsp3) is 0.407. The predicted octanol–water partition coefficient (Wildman–Crippen LogP) is 5.59. The number of fused-ring (bicyclic) bond motifs is 1. The van der Waals surface area contributed by atoms with Gasteiger partial charge in [-0.15, -0.1) is 0 Å². The largest absolute Gasteiger partial charge is 0.365 e. The number of benzene rings is 2. The molecule has 0 N–H and O–H groups in total. The summed E-state index contributed by atoms with van der Waals surface area (Å²) in [5.74, 6) is 0.954. The fourth-order valence-corrected chi connectivity index (χ4v) is 5.32. The minimum Gasteiger partial charge on any atom is -0.365 e. The molecular formula is C27H31ClN4O. The molecule has 3 heterocycles. The number of carbonyl (C=O) groups excluding carboxylic acids is 1. The van der Waals surface area contributed by atoms with Gasteiger partial charge in [-0.25, -0.2) is 4.98 Å². The van der Waals surface area contributed by atoms with Crippen LogP contribution in [0.2, 0.25) is 5.02 Å². The smallest absolute Gasteiger partial charge is 0.274 e. The summed E-state index contributed by atoms with van der Waals surface area (Å²) in [6.45, 7) is 7.47. The second-order valence-corrected chi connectivity index (χ2v) is 9.77. The van der Waals surface area contributed by atoms with Crippen molar-refractivity contribution in [1.29, 1.82) is 0 Å². The zero-order valence-corrected chi connectivity index (χ0v) is 20.2. The van der Waals surface area contributed by atoms with Gasteiger partial charge in [-0.1, -0.05) is 30.2 Å². The average Bonchev–Trinajstić information content (AvgIpc) is 2.99. The molecule has 33 heavy (non-hydrogen) atoms. The van der Waals surface area contributed by atoms with E-state index in [1.54, 1.807) is 0 Å². The van der Waals surface area contributed by atoms with Crippen LogP contribution in [0, 0.1) is 6.92 Å². The minimum absolute atomic E-state index is 0.0663. The molecule has 0 radical (unpaired) electrons. The highest BCUT2D eigenvalue weighted by atomic mass is 35.5. The van der Waals surface area contributed by atoms with Gasteiger partial charge in [-0.3, -0.25) is 4.79 Å². The van der Waals surface area contributed by atoms with Crippen LogP contribution in [0.4, 0.5) is 5.69 Å². The van der Waals surface area contributed by atoms with Crippen LogP contribution < -0.4 is 4.90 Å². The predicted molar refractivity (Wildman–Crippen MR) is 134 cm³/mol. The highest BCUT2D eigenvalue weighted by Crippen LogP contribution is 2.30. The van der Waals surface area contributed by atoms with Crippen LogP contribution in [-0.4, -0.2) is 46.0 Å². The van der Waals surface area contributed by atoms with Crippen LogP contribution in [0.3, 0.4) is 0 Å². The van der Waals surface area contributed by atoms with Crippen molar-refractivity contribution < 1.29 is 4.79 Å². The maximum atomic E-state index is 13.7. The van der Waals surface area contributed by atoms with Gasteiger partial charge in [-0.05, 0) is 75.1 Å². The van der Waals surface area contributed by atoms with Crippen molar-refractivity contribution in [1.82, 2.24) is 14.5 Å². The Bertz CT molecular complexity index is 1150. The first-order chi connectivity index (χ1) is 16.0. The van der Waals surface area contributed by atoms with E-state index in [-0.39, 0.29) is 11.9 Å². The molecule has 5 rings (SSSR count). The van der Waals surface area contributed by atoms with Crippen molar-refractivity contribution in [3.05, 3.63) is 70.5 Å². The number of halogens is 1. The summed E-state index contributed by atoms with van der Waals surface area (Å²) in [4.78, 5) is 23.1. The molecule has 5 nitrogen and oxygen atoms in total. The number of hydrogen-bond acceptors (Lipinski definition) is 3. The SMILES string of the molecule is Cc1cccc(N2CCN(C(=O)c3nc(-c4ccc(Cl)cc4)n4c3CCCCC4)C[C@@H]2C)c1. The summed E-state index contributed by atoms with van der Waals surface area (Å²) < 4.78 is 2.27. The van der Waals surface area contributed by atoms with Gasteiger partial charge in [0.2, 0.25) is 0 Å². The summed E-state index contributed by atoms with van der Waals surface area (Å²) in [5.41, 5.74) is 5.23. The number of imidazole rings is 1. The van der Waals surface area contributed by atoms with Crippen molar-refractivity contribution in [2.24, 2.45) is 0 Å². The molecule has 3 aromatic rings. The molecule has 1 amide bonds. The zero-order chi connectivity index (χ0) is 22.9. The third-order valence-corrected chi connectivity index (χ3v) is 7.17. The molecule has 1 fully saturated rings. The van der Waals surface area contributed by atoms with E-state index in [2.05, 4.69) is 47.6 Å². The van der Waals surface area contributed by atoms with E-state index in [0.717, 1.165) is 49.4 Å². The first-order valence-corrected chi connectivity index (χ1v) is 12.4. The number of nitrogens with zero attached hydrogens (tertiary/aromatic N) is 4. The molecule has 1 atom stereocenters. The molecule has 0 saturated carbocycles. The first kappa shape index (κ1) is 22.0. The highest BCUT2D eigenvalue weighted by molar-refractivity contribution is 6.30. The average molecular weight is 463 g/mol. The Labute approximate surface area is 201 Å². The zero-order valence-electron chi connectivity index (χ0n) is 19.4. The number of hydrogen-bond donors (Lipinski definition) is 0. The van der Waals surface area contributed by atoms with E-state index < -0.39 is 0 Å². The van der Waals surface area contributed by atoms with E-state index in [4.69, 9.17) is 16.6 Å². The van der Waals surface area contributed by atoms with Gasteiger partial charge < -0.3 is 14.4 Å². The normalized spacial score (nSPS) is 18.7. The molecule has 2 aromatic carbocycles. The monoisotopic (exact) mass is 462 g/mol. The third-order valence-electron chi connectivity index (χ3n) is 6.92. The van der Waals surface area contributed by atoms with E-state index in [1.807, 2.05) is 29.2 Å². The van der Waals surface area contributed by atoms with Crippen molar-refractivity contribution in [2.45, 2.75) is 52.1 Å². The molecule has 1 saturated heterocycles. The van der Waals surface area contributed by atoms with E-state index >= 15 is 0 Å². The number of anilines is 1. The number of rotatable bonds is 3. The van der Waals surface area contributed by atoms with Crippen LogP contribution in [0.1, 0.15) is 47.9 Å². The Kier molecular flexibility index (Phi) is 6.15. The summed E-state index contributed by atoms with van der Waals surface area (Å²) >= 11 is 6.11. The first-order valence-electron chi connectivity index (χ1n) is 12.0. The molecule has 0 spiro atoms. The molecule has 172 valence electrons. The number of carbonyl (C=O) groups is 1.